The number of nitrogens with one attached hydrogen (secondary N) is 2. The molecule has 3 rings (SSSR count). The van der Waals surface area contributed by atoms with Crippen LogP contribution in [0.25, 0.3) is 0 Å². The minimum Gasteiger partial charge on any atom is -0.336 e. The van der Waals surface area contributed by atoms with Gasteiger partial charge >= 0.3 is 6.03 Å². The van der Waals surface area contributed by atoms with Crippen molar-refractivity contribution in [2.24, 2.45) is 0 Å². The highest BCUT2D eigenvalue weighted by Crippen LogP contribution is 2.21. The number of hydrogen-bond donors (Lipinski definition) is 2. The number of rotatable bonds is 5. The molecule has 1 atom stereocenters. The maximum absolute atomic E-state index is 12.4. The first-order chi connectivity index (χ1) is 12.6. The molecule has 26 heavy (non-hydrogen) atoms. The average Bonchev–Trinajstić information content (AvgIpc) is 2.96. The quantitative estimate of drug-likeness (QED) is 0.866. The number of aryl methyl sites for hydroxylation is 2. The monoisotopic (exact) mass is 351 g/mol. The van der Waals surface area contributed by atoms with Gasteiger partial charge in [0.05, 0.1) is 6.04 Å². The molecule has 5 nitrogen and oxygen atoms in total. The van der Waals surface area contributed by atoms with E-state index in [1.807, 2.05) is 55.5 Å². The molecule has 0 aromatic heterocycles. The number of nitrogens with zero attached hydrogens (tertiary/aromatic N) is 1. The molecule has 2 N–H and O–H groups in total. The fourth-order valence-electron chi connectivity index (χ4n) is 3.36. The lowest BCUT2D eigenvalue weighted by Crippen LogP contribution is -2.39. The van der Waals surface area contributed by atoms with Gasteiger partial charge in [-0.2, -0.15) is 0 Å². The Balaban J connectivity index is 1.58. The molecule has 0 spiro atoms. The second kappa shape index (κ2) is 8.04. The Bertz CT molecular complexity index is 789. The van der Waals surface area contributed by atoms with Crippen molar-refractivity contribution in [1.82, 2.24) is 10.2 Å². The minimum atomic E-state index is -0.256. The Morgan fingerprint density at radius 2 is 1.92 bits per heavy atom. The number of likely N-dealkylation sites (tertiary alicyclic amines) is 1. The fraction of sp³-hybridized carbons (Fsp3) is 0.333. The van der Waals surface area contributed by atoms with Crippen LogP contribution < -0.4 is 10.6 Å². The molecule has 0 aliphatic carbocycles. The van der Waals surface area contributed by atoms with Crippen molar-refractivity contribution in [3.05, 3.63) is 65.2 Å². The summed E-state index contributed by atoms with van der Waals surface area (Å²) in [5.74, 6) is 0.0734. The predicted molar refractivity (Wildman–Crippen MR) is 103 cm³/mol. The molecule has 0 bridgehead atoms. The maximum atomic E-state index is 12.4. The van der Waals surface area contributed by atoms with Crippen molar-refractivity contribution in [2.45, 2.75) is 39.3 Å². The highest BCUT2D eigenvalue weighted by Gasteiger charge is 2.30. The van der Waals surface area contributed by atoms with Crippen molar-refractivity contribution < 1.29 is 9.59 Å². The molecule has 5 heteroatoms. The van der Waals surface area contributed by atoms with Crippen LogP contribution >= 0.6 is 0 Å². The lowest BCUT2D eigenvalue weighted by Gasteiger charge is -2.18. The first-order valence-corrected chi connectivity index (χ1v) is 9.04. The van der Waals surface area contributed by atoms with E-state index in [9.17, 15) is 9.59 Å². The van der Waals surface area contributed by atoms with Crippen LogP contribution in [0.2, 0.25) is 0 Å². The molecule has 2 aromatic carbocycles. The van der Waals surface area contributed by atoms with Gasteiger partial charge in [-0.1, -0.05) is 55.5 Å². The van der Waals surface area contributed by atoms with Crippen molar-refractivity contribution in [3.63, 3.8) is 0 Å². The summed E-state index contributed by atoms with van der Waals surface area (Å²) in [6, 6.07) is 15.5. The standard InChI is InChI=1S/C21H25N3O2/c1-3-17-11-7-8-15(2)20(17)23-21(26)22-18-12-19(25)24(14-18)13-16-9-5-4-6-10-16/h4-11,18H,3,12-14H2,1-2H3,(H2,22,23,26). The molecule has 2 aromatic rings. The van der Waals surface area contributed by atoms with Crippen LogP contribution in [0.3, 0.4) is 0 Å². The molecular formula is C21H25N3O2. The van der Waals surface area contributed by atoms with E-state index >= 15 is 0 Å². The number of amides is 3. The average molecular weight is 351 g/mol. The van der Waals surface area contributed by atoms with Gasteiger partial charge in [0.25, 0.3) is 0 Å². The molecule has 1 aliphatic rings. The topological polar surface area (TPSA) is 61.4 Å². The highest BCUT2D eigenvalue weighted by atomic mass is 16.2. The number of benzene rings is 2. The lowest BCUT2D eigenvalue weighted by atomic mass is 10.1. The smallest absolute Gasteiger partial charge is 0.319 e. The Hall–Kier alpha value is -2.82. The second-order valence-corrected chi connectivity index (χ2v) is 6.72. The Morgan fingerprint density at radius 3 is 2.65 bits per heavy atom. The molecule has 1 unspecified atom stereocenters. The first kappa shape index (κ1) is 18.0. The third-order valence-electron chi connectivity index (χ3n) is 4.74. The summed E-state index contributed by atoms with van der Waals surface area (Å²) in [5.41, 5.74) is 4.09. The summed E-state index contributed by atoms with van der Waals surface area (Å²) in [4.78, 5) is 26.4. The molecule has 1 fully saturated rings. The van der Waals surface area contributed by atoms with E-state index in [0.717, 1.165) is 28.8 Å². The van der Waals surface area contributed by atoms with Crippen LogP contribution in [-0.2, 0) is 17.8 Å². The van der Waals surface area contributed by atoms with Gasteiger partial charge in [-0.25, -0.2) is 4.79 Å². The van der Waals surface area contributed by atoms with E-state index in [-0.39, 0.29) is 18.0 Å². The molecule has 1 heterocycles. The summed E-state index contributed by atoms with van der Waals surface area (Å²) in [6.07, 6.45) is 1.19. The molecule has 3 amide bonds. The van der Waals surface area contributed by atoms with Crippen molar-refractivity contribution in [3.8, 4) is 0 Å². The Morgan fingerprint density at radius 1 is 1.15 bits per heavy atom. The van der Waals surface area contributed by atoms with E-state index in [0.29, 0.717) is 19.5 Å². The van der Waals surface area contributed by atoms with Crippen LogP contribution in [0.1, 0.15) is 30.0 Å². The lowest BCUT2D eigenvalue weighted by molar-refractivity contribution is -0.128. The number of hydrogen-bond acceptors (Lipinski definition) is 2. The number of carbonyl (C=O) groups excluding carboxylic acids is 2. The normalized spacial score (nSPS) is 16.6. The number of urea groups is 1. The molecule has 1 saturated heterocycles. The third kappa shape index (κ3) is 4.23. The largest absolute Gasteiger partial charge is 0.336 e. The van der Waals surface area contributed by atoms with Gasteiger partial charge in [-0.05, 0) is 30.0 Å². The van der Waals surface area contributed by atoms with Crippen LogP contribution in [-0.4, -0.2) is 29.4 Å². The zero-order valence-corrected chi connectivity index (χ0v) is 15.3. The summed E-state index contributed by atoms with van der Waals surface area (Å²) >= 11 is 0. The summed E-state index contributed by atoms with van der Waals surface area (Å²) in [6.45, 7) is 5.16. The molecule has 1 aliphatic heterocycles. The molecule has 136 valence electrons. The van der Waals surface area contributed by atoms with Crippen LogP contribution in [0.4, 0.5) is 10.5 Å². The van der Waals surface area contributed by atoms with Gasteiger partial charge in [0, 0.05) is 25.2 Å². The second-order valence-electron chi connectivity index (χ2n) is 6.72. The Kier molecular flexibility index (Phi) is 5.56. The third-order valence-corrected chi connectivity index (χ3v) is 4.74. The van der Waals surface area contributed by atoms with Gasteiger partial charge < -0.3 is 15.5 Å². The number of carbonyl (C=O) groups is 2. The SMILES string of the molecule is CCc1cccc(C)c1NC(=O)NC1CC(=O)N(Cc2ccccc2)C1. The zero-order chi connectivity index (χ0) is 18.5. The first-order valence-electron chi connectivity index (χ1n) is 9.04. The highest BCUT2D eigenvalue weighted by molar-refractivity contribution is 5.92. The van der Waals surface area contributed by atoms with Crippen molar-refractivity contribution in [2.75, 3.05) is 11.9 Å². The maximum Gasteiger partial charge on any atom is 0.319 e. The van der Waals surface area contributed by atoms with E-state index in [1.54, 1.807) is 4.90 Å². The van der Waals surface area contributed by atoms with E-state index in [4.69, 9.17) is 0 Å². The Labute approximate surface area is 154 Å². The van der Waals surface area contributed by atoms with Crippen LogP contribution in [0.15, 0.2) is 48.5 Å². The molecular weight excluding hydrogens is 326 g/mol. The van der Waals surface area contributed by atoms with Gasteiger partial charge in [0.1, 0.15) is 0 Å². The van der Waals surface area contributed by atoms with E-state index < -0.39 is 0 Å². The van der Waals surface area contributed by atoms with Gasteiger partial charge in [0.15, 0.2) is 0 Å². The molecule has 0 saturated carbocycles. The summed E-state index contributed by atoms with van der Waals surface area (Å²) in [5, 5.41) is 5.90. The fourth-order valence-corrected chi connectivity index (χ4v) is 3.36. The predicted octanol–water partition coefficient (Wildman–Crippen LogP) is 3.48. The zero-order valence-electron chi connectivity index (χ0n) is 15.3. The van der Waals surface area contributed by atoms with E-state index in [2.05, 4.69) is 17.6 Å². The van der Waals surface area contributed by atoms with Crippen LogP contribution in [0, 0.1) is 6.92 Å². The van der Waals surface area contributed by atoms with Gasteiger partial charge in [0.2, 0.25) is 5.91 Å². The number of anilines is 1. The number of para-hydroxylation sites is 1. The van der Waals surface area contributed by atoms with Gasteiger partial charge in [-0.3, -0.25) is 4.79 Å². The van der Waals surface area contributed by atoms with Crippen molar-refractivity contribution >= 4 is 17.6 Å². The minimum absolute atomic E-state index is 0.0734. The van der Waals surface area contributed by atoms with Crippen LogP contribution in [0.5, 0.6) is 0 Å². The van der Waals surface area contributed by atoms with Crippen molar-refractivity contribution in [1.29, 1.82) is 0 Å². The molecule has 0 radical (unpaired) electrons. The van der Waals surface area contributed by atoms with Gasteiger partial charge in [-0.15, -0.1) is 0 Å². The van der Waals surface area contributed by atoms with E-state index in [1.165, 1.54) is 0 Å². The summed E-state index contributed by atoms with van der Waals surface area (Å²) in [7, 11) is 0. The summed E-state index contributed by atoms with van der Waals surface area (Å²) < 4.78 is 0.